The normalized spacial score (nSPS) is 20.7. The molecule has 3 aromatic rings. The van der Waals surface area contributed by atoms with Crippen molar-refractivity contribution >= 4 is 17.4 Å². The van der Waals surface area contributed by atoms with Gasteiger partial charge in [0, 0.05) is 25.7 Å². The molecule has 5 heterocycles. The molecule has 192 valence electrons. The smallest absolute Gasteiger partial charge is 0.403 e. The minimum atomic E-state index is -5.07. The Labute approximate surface area is 202 Å². The van der Waals surface area contributed by atoms with Crippen LogP contribution in [0.15, 0.2) is 36.7 Å². The Morgan fingerprint density at radius 2 is 1.94 bits per heavy atom. The zero-order chi connectivity index (χ0) is 25.8. The van der Waals surface area contributed by atoms with Crippen molar-refractivity contribution in [1.29, 1.82) is 0 Å². The molecule has 0 spiro atoms. The van der Waals surface area contributed by atoms with Gasteiger partial charge < -0.3 is 24.8 Å². The highest BCUT2D eigenvalue weighted by Gasteiger charge is 2.39. The Hall–Kier alpha value is -3.45. The summed E-state index contributed by atoms with van der Waals surface area (Å²) in [5, 5.41) is 17.5. The van der Waals surface area contributed by atoms with E-state index in [4.69, 9.17) is 4.74 Å². The van der Waals surface area contributed by atoms with E-state index in [1.807, 2.05) is 0 Å². The lowest BCUT2D eigenvalue weighted by atomic mass is 9.91. The highest BCUT2D eigenvalue weighted by atomic mass is 19.4. The SMILES string of the molecule is CC(C)(O)C(NC(=O)c1cnn2ccc(N3CC4C[C@H](C3)O4)nc12)c1ccc(OC(F)(F)F)c(F)c1. The molecule has 3 aliphatic rings. The third kappa shape index (κ3) is 4.80. The van der Waals surface area contributed by atoms with Crippen LogP contribution in [0, 0.1) is 5.82 Å². The van der Waals surface area contributed by atoms with Gasteiger partial charge in [0.05, 0.1) is 30.0 Å². The second-order valence-corrected chi connectivity index (χ2v) is 9.43. The molecule has 0 aliphatic carbocycles. The number of anilines is 1. The summed E-state index contributed by atoms with van der Waals surface area (Å²) in [4.78, 5) is 19.9. The third-order valence-electron chi connectivity index (χ3n) is 6.18. The topological polar surface area (TPSA) is 101 Å². The van der Waals surface area contributed by atoms with Crippen LogP contribution in [0.25, 0.3) is 5.65 Å². The van der Waals surface area contributed by atoms with Crippen LogP contribution < -0.4 is 15.0 Å². The highest BCUT2D eigenvalue weighted by molar-refractivity contribution is 6.00. The number of aromatic nitrogens is 3. The number of hydrogen-bond acceptors (Lipinski definition) is 7. The molecule has 0 radical (unpaired) electrons. The number of aliphatic hydroxyl groups is 1. The average Bonchev–Trinajstić information content (AvgIpc) is 3.20. The fourth-order valence-corrected chi connectivity index (χ4v) is 4.52. The molecule has 3 atom stereocenters. The fourth-order valence-electron chi connectivity index (χ4n) is 4.52. The molecule has 9 nitrogen and oxygen atoms in total. The van der Waals surface area contributed by atoms with E-state index < -0.39 is 35.5 Å². The van der Waals surface area contributed by atoms with Gasteiger partial charge in [-0.3, -0.25) is 4.79 Å². The van der Waals surface area contributed by atoms with Crippen molar-refractivity contribution in [2.24, 2.45) is 0 Å². The van der Waals surface area contributed by atoms with E-state index in [-0.39, 0.29) is 29.0 Å². The Bertz CT molecular complexity index is 1290. The number of fused-ring (bicyclic) bond motifs is 3. The van der Waals surface area contributed by atoms with Crippen molar-refractivity contribution < 1.29 is 36.9 Å². The van der Waals surface area contributed by atoms with Crippen LogP contribution in [0.5, 0.6) is 5.75 Å². The molecule has 2 aromatic heterocycles. The minimum absolute atomic E-state index is 0.0422. The number of alkyl halides is 3. The lowest BCUT2D eigenvalue weighted by Gasteiger charge is -2.47. The number of carbonyl (C=O) groups is 1. The number of amides is 1. The zero-order valence-corrected chi connectivity index (χ0v) is 19.3. The number of morpholine rings is 1. The van der Waals surface area contributed by atoms with Gasteiger partial charge >= 0.3 is 6.36 Å². The summed E-state index contributed by atoms with van der Waals surface area (Å²) in [7, 11) is 0. The number of halogens is 4. The molecule has 1 aromatic carbocycles. The van der Waals surface area contributed by atoms with Crippen LogP contribution in [0.4, 0.5) is 23.4 Å². The molecule has 2 bridgehead atoms. The summed E-state index contributed by atoms with van der Waals surface area (Å²) in [6.45, 7) is 4.14. The Kier molecular flexibility index (Phi) is 5.79. The molecule has 2 N–H and O–H groups in total. The number of nitrogens with zero attached hydrogens (tertiary/aromatic N) is 4. The van der Waals surface area contributed by atoms with Gasteiger partial charge in [-0.2, -0.15) is 5.10 Å². The van der Waals surface area contributed by atoms with E-state index >= 15 is 0 Å². The van der Waals surface area contributed by atoms with Crippen LogP contribution in [-0.4, -0.2) is 62.9 Å². The molecular formula is C23H23F4N5O4. The summed E-state index contributed by atoms with van der Waals surface area (Å²) < 4.78 is 62.5. The molecule has 1 amide bonds. The van der Waals surface area contributed by atoms with E-state index in [0.717, 1.165) is 24.6 Å². The van der Waals surface area contributed by atoms with Crippen molar-refractivity contribution in [1.82, 2.24) is 19.9 Å². The summed E-state index contributed by atoms with van der Waals surface area (Å²) in [6, 6.07) is 3.33. The van der Waals surface area contributed by atoms with Crippen LogP contribution in [0.2, 0.25) is 0 Å². The fraction of sp³-hybridized carbons (Fsp3) is 0.435. The first kappa shape index (κ1) is 24.3. The van der Waals surface area contributed by atoms with Gasteiger partial charge in [0.25, 0.3) is 5.91 Å². The molecule has 3 saturated heterocycles. The second kappa shape index (κ2) is 8.59. The Morgan fingerprint density at radius 3 is 2.56 bits per heavy atom. The largest absolute Gasteiger partial charge is 0.573 e. The number of nitrogens with one attached hydrogen (secondary N) is 1. The maximum absolute atomic E-state index is 14.3. The predicted molar refractivity (Wildman–Crippen MR) is 118 cm³/mol. The second-order valence-electron chi connectivity index (χ2n) is 9.43. The van der Waals surface area contributed by atoms with E-state index in [0.29, 0.717) is 18.9 Å². The van der Waals surface area contributed by atoms with Gasteiger partial charge in [-0.1, -0.05) is 6.07 Å². The van der Waals surface area contributed by atoms with E-state index in [1.165, 1.54) is 24.6 Å². The van der Waals surface area contributed by atoms with Crippen LogP contribution in [0.3, 0.4) is 0 Å². The highest BCUT2D eigenvalue weighted by Crippen LogP contribution is 2.33. The van der Waals surface area contributed by atoms with Crippen LogP contribution in [0.1, 0.15) is 42.2 Å². The van der Waals surface area contributed by atoms with Gasteiger partial charge in [0.15, 0.2) is 17.2 Å². The lowest BCUT2D eigenvalue weighted by Crippen LogP contribution is -2.57. The zero-order valence-electron chi connectivity index (χ0n) is 19.3. The molecule has 3 fully saturated rings. The summed E-state index contributed by atoms with van der Waals surface area (Å²) in [6.07, 6.45) is -0.728. The van der Waals surface area contributed by atoms with Gasteiger partial charge in [0.2, 0.25) is 0 Å². The number of benzene rings is 1. The number of rotatable bonds is 6. The maximum atomic E-state index is 14.3. The van der Waals surface area contributed by atoms with Gasteiger partial charge in [-0.05, 0) is 37.6 Å². The predicted octanol–water partition coefficient (Wildman–Crippen LogP) is 2.99. The Balaban J connectivity index is 1.40. The standard InChI is InChI=1S/C23H23F4N5O4/c1-22(2,34)19(12-3-4-17(16(24)7-12)36-23(25,26)27)30-21(33)15-9-28-32-6-5-18(29-20(15)32)31-10-13-8-14(11-31)35-13/h3-7,9,13-14,19,34H,8,10-11H2,1-2H3,(H,30,33)/t13-,14?,19?/m1/s1. The van der Waals surface area contributed by atoms with Gasteiger partial charge in [-0.25, -0.2) is 13.9 Å². The van der Waals surface area contributed by atoms with E-state index in [9.17, 15) is 27.5 Å². The van der Waals surface area contributed by atoms with E-state index in [1.54, 1.807) is 12.3 Å². The molecular weight excluding hydrogens is 486 g/mol. The summed E-state index contributed by atoms with van der Waals surface area (Å²) in [5.41, 5.74) is -1.17. The quantitative estimate of drug-likeness (QED) is 0.493. The third-order valence-corrected chi connectivity index (χ3v) is 6.18. The molecule has 2 unspecified atom stereocenters. The molecule has 0 saturated carbocycles. The van der Waals surface area contributed by atoms with Gasteiger partial charge in [0.1, 0.15) is 11.4 Å². The summed E-state index contributed by atoms with van der Waals surface area (Å²) >= 11 is 0. The Morgan fingerprint density at radius 1 is 1.25 bits per heavy atom. The lowest BCUT2D eigenvalue weighted by molar-refractivity contribution is -0.275. The van der Waals surface area contributed by atoms with Gasteiger partial charge in [-0.15, -0.1) is 13.2 Å². The number of hydrogen-bond donors (Lipinski definition) is 2. The first-order chi connectivity index (χ1) is 16.9. The van der Waals surface area contributed by atoms with Crippen molar-refractivity contribution in [3.8, 4) is 5.75 Å². The van der Waals surface area contributed by atoms with Crippen molar-refractivity contribution in [2.75, 3.05) is 18.0 Å². The minimum Gasteiger partial charge on any atom is -0.403 e. The monoisotopic (exact) mass is 509 g/mol. The number of carbonyl (C=O) groups excluding carboxylic acids is 1. The van der Waals surface area contributed by atoms with Crippen LogP contribution >= 0.6 is 0 Å². The van der Waals surface area contributed by atoms with Crippen molar-refractivity contribution in [2.45, 2.75) is 50.5 Å². The summed E-state index contributed by atoms with van der Waals surface area (Å²) in [5.74, 6) is -2.30. The van der Waals surface area contributed by atoms with Crippen molar-refractivity contribution in [3.05, 3.63) is 53.6 Å². The average molecular weight is 509 g/mol. The molecule has 6 rings (SSSR count). The molecule has 36 heavy (non-hydrogen) atoms. The van der Waals surface area contributed by atoms with Crippen LogP contribution in [-0.2, 0) is 4.74 Å². The number of ether oxygens (including phenoxy) is 2. The molecule has 3 aliphatic heterocycles. The maximum Gasteiger partial charge on any atom is 0.573 e. The number of piperidine rings is 1. The first-order valence-electron chi connectivity index (χ1n) is 11.2. The molecule has 13 heteroatoms. The first-order valence-corrected chi connectivity index (χ1v) is 11.2. The van der Waals surface area contributed by atoms with E-state index in [2.05, 4.69) is 25.0 Å². The van der Waals surface area contributed by atoms with Crippen molar-refractivity contribution in [3.63, 3.8) is 0 Å².